The molecule has 4 nitrogen and oxygen atoms in total. The third kappa shape index (κ3) is 1.94. The third-order valence-electron chi connectivity index (χ3n) is 2.47. The topological polar surface area (TPSA) is 55.6 Å². The molecule has 1 saturated heterocycles. The van der Waals surface area contributed by atoms with Gasteiger partial charge in [-0.25, -0.2) is 4.79 Å². The molecule has 0 spiro atoms. The minimum atomic E-state index is -0.281. The first kappa shape index (κ1) is 9.98. The maximum absolute atomic E-state index is 11.3. The van der Waals surface area contributed by atoms with Gasteiger partial charge in [0.1, 0.15) is 6.61 Å². The summed E-state index contributed by atoms with van der Waals surface area (Å²) in [5.74, 6) is 0. The molecule has 0 aliphatic carbocycles. The second kappa shape index (κ2) is 3.90. The van der Waals surface area contributed by atoms with Gasteiger partial charge in [0, 0.05) is 11.7 Å². The summed E-state index contributed by atoms with van der Waals surface area (Å²) >= 11 is 0. The number of rotatable bonds is 2. The van der Waals surface area contributed by atoms with Gasteiger partial charge in [0.2, 0.25) is 0 Å². The van der Waals surface area contributed by atoms with Crippen LogP contribution in [0.25, 0.3) is 0 Å². The zero-order valence-corrected chi connectivity index (χ0v) is 8.64. The molecule has 1 fully saturated rings. The van der Waals surface area contributed by atoms with Crippen molar-refractivity contribution in [2.75, 3.05) is 18.1 Å². The highest BCUT2D eigenvalue weighted by atomic mass is 16.6. The predicted octanol–water partition coefficient (Wildman–Crippen LogP) is 1.66. The SMILES string of the molecule is C[C@@H](N)c1cccc(N2CCOC2=O)c1. The number of carbonyl (C=O) groups is 1. The number of hydrogen-bond donors (Lipinski definition) is 1. The van der Waals surface area contributed by atoms with Crippen molar-refractivity contribution >= 4 is 11.8 Å². The Balaban J connectivity index is 2.28. The maximum atomic E-state index is 11.3. The first-order valence-corrected chi connectivity index (χ1v) is 4.98. The van der Waals surface area contributed by atoms with Crippen molar-refractivity contribution in [3.63, 3.8) is 0 Å². The standard InChI is InChI=1S/C11H14N2O2/c1-8(12)9-3-2-4-10(7-9)13-5-6-15-11(13)14/h2-4,7-8H,5-6,12H2,1H3/t8-/m1/s1. The second-order valence-corrected chi connectivity index (χ2v) is 3.65. The smallest absolute Gasteiger partial charge is 0.414 e. The van der Waals surface area contributed by atoms with Crippen molar-refractivity contribution < 1.29 is 9.53 Å². The average Bonchev–Trinajstić information content (AvgIpc) is 2.64. The number of ether oxygens (including phenoxy) is 1. The van der Waals surface area contributed by atoms with Crippen molar-refractivity contribution in [2.24, 2.45) is 5.73 Å². The van der Waals surface area contributed by atoms with Gasteiger partial charge in [0.25, 0.3) is 0 Å². The van der Waals surface area contributed by atoms with E-state index in [1.807, 2.05) is 31.2 Å². The third-order valence-corrected chi connectivity index (χ3v) is 2.47. The first-order valence-electron chi connectivity index (χ1n) is 4.98. The summed E-state index contributed by atoms with van der Waals surface area (Å²) < 4.78 is 4.88. The Bertz CT molecular complexity index is 377. The van der Waals surface area contributed by atoms with Crippen LogP contribution in [0.5, 0.6) is 0 Å². The first-order chi connectivity index (χ1) is 7.18. The van der Waals surface area contributed by atoms with Crippen molar-refractivity contribution in [1.29, 1.82) is 0 Å². The van der Waals surface area contributed by atoms with Gasteiger partial charge in [-0.2, -0.15) is 0 Å². The predicted molar refractivity (Wildman–Crippen MR) is 57.7 cm³/mol. The highest BCUT2D eigenvalue weighted by Gasteiger charge is 2.23. The Labute approximate surface area is 88.6 Å². The monoisotopic (exact) mass is 206 g/mol. The molecular weight excluding hydrogens is 192 g/mol. The van der Waals surface area contributed by atoms with E-state index in [-0.39, 0.29) is 12.1 Å². The normalized spacial score (nSPS) is 17.7. The molecule has 80 valence electrons. The number of amides is 1. The van der Waals surface area contributed by atoms with Crippen LogP contribution in [0.4, 0.5) is 10.5 Å². The lowest BCUT2D eigenvalue weighted by Gasteiger charge is -2.14. The molecule has 1 atom stereocenters. The zero-order chi connectivity index (χ0) is 10.8. The summed E-state index contributed by atoms with van der Waals surface area (Å²) in [6.07, 6.45) is -0.281. The number of benzene rings is 1. The van der Waals surface area contributed by atoms with Crippen molar-refractivity contribution in [3.8, 4) is 0 Å². The van der Waals surface area contributed by atoms with E-state index in [0.717, 1.165) is 11.3 Å². The van der Waals surface area contributed by atoms with Crippen molar-refractivity contribution in [2.45, 2.75) is 13.0 Å². The lowest BCUT2D eigenvalue weighted by atomic mass is 10.1. The molecule has 0 bridgehead atoms. The minimum absolute atomic E-state index is 0.0245. The number of cyclic esters (lactones) is 1. The van der Waals surface area contributed by atoms with Crippen LogP contribution >= 0.6 is 0 Å². The molecule has 2 rings (SSSR count). The molecule has 1 aromatic rings. The summed E-state index contributed by atoms with van der Waals surface area (Å²) in [5, 5.41) is 0. The Morgan fingerprint density at radius 1 is 1.53 bits per heavy atom. The molecule has 1 aliphatic rings. The summed E-state index contributed by atoms with van der Waals surface area (Å²) in [7, 11) is 0. The van der Waals surface area contributed by atoms with E-state index in [1.54, 1.807) is 4.90 Å². The van der Waals surface area contributed by atoms with Gasteiger partial charge >= 0.3 is 6.09 Å². The van der Waals surface area contributed by atoms with Gasteiger partial charge in [-0.3, -0.25) is 4.90 Å². The molecule has 0 saturated carbocycles. The maximum Gasteiger partial charge on any atom is 0.414 e. The fourth-order valence-electron chi connectivity index (χ4n) is 1.60. The lowest BCUT2D eigenvalue weighted by molar-refractivity contribution is 0.181. The molecule has 1 aromatic carbocycles. The van der Waals surface area contributed by atoms with E-state index in [9.17, 15) is 4.79 Å². The van der Waals surface area contributed by atoms with Crippen molar-refractivity contribution in [1.82, 2.24) is 0 Å². The van der Waals surface area contributed by atoms with E-state index >= 15 is 0 Å². The summed E-state index contributed by atoms with van der Waals surface area (Å²) in [5.41, 5.74) is 7.66. The number of anilines is 1. The zero-order valence-electron chi connectivity index (χ0n) is 8.64. The Kier molecular flexibility index (Phi) is 2.60. The number of nitrogens with zero attached hydrogens (tertiary/aromatic N) is 1. The van der Waals surface area contributed by atoms with Crippen LogP contribution in [0, 0.1) is 0 Å². The van der Waals surface area contributed by atoms with E-state index in [1.165, 1.54) is 0 Å². The molecule has 1 heterocycles. The van der Waals surface area contributed by atoms with Crippen LogP contribution in [-0.4, -0.2) is 19.2 Å². The van der Waals surface area contributed by atoms with Gasteiger partial charge in [0.15, 0.2) is 0 Å². The van der Waals surface area contributed by atoms with E-state index in [0.29, 0.717) is 13.2 Å². The fourth-order valence-corrected chi connectivity index (χ4v) is 1.60. The molecule has 0 unspecified atom stereocenters. The Hall–Kier alpha value is -1.55. The minimum Gasteiger partial charge on any atom is -0.447 e. The fraction of sp³-hybridized carbons (Fsp3) is 0.364. The largest absolute Gasteiger partial charge is 0.447 e. The van der Waals surface area contributed by atoms with E-state index in [2.05, 4.69) is 0 Å². The van der Waals surface area contributed by atoms with Gasteiger partial charge in [-0.05, 0) is 24.6 Å². The van der Waals surface area contributed by atoms with Crippen molar-refractivity contribution in [3.05, 3.63) is 29.8 Å². The summed E-state index contributed by atoms with van der Waals surface area (Å²) in [6.45, 7) is 2.99. The van der Waals surface area contributed by atoms with Gasteiger partial charge in [-0.1, -0.05) is 12.1 Å². The van der Waals surface area contributed by atoms with E-state index < -0.39 is 0 Å². The highest BCUT2D eigenvalue weighted by Crippen LogP contribution is 2.22. The highest BCUT2D eigenvalue weighted by molar-refractivity contribution is 5.89. The molecule has 0 radical (unpaired) electrons. The van der Waals surface area contributed by atoms with Gasteiger partial charge in [0.05, 0.1) is 6.54 Å². The number of carbonyl (C=O) groups excluding carboxylic acids is 1. The van der Waals surface area contributed by atoms with Gasteiger partial charge < -0.3 is 10.5 Å². The molecule has 0 aromatic heterocycles. The summed E-state index contributed by atoms with van der Waals surface area (Å²) in [4.78, 5) is 12.9. The number of hydrogen-bond acceptors (Lipinski definition) is 3. The molecule has 1 aliphatic heterocycles. The van der Waals surface area contributed by atoms with Crippen LogP contribution < -0.4 is 10.6 Å². The van der Waals surface area contributed by atoms with Crippen LogP contribution in [0.2, 0.25) is 0 Å². The van der Waals surface area contributed by atoms with Crippen LogP contribution in [0.3, 0.4) is 0 Å². The van der Waals surface area contributed by atoms with Gasteiger partial charge in [-0.15, -0.1) is 0 Å². The number of nitrogens with two attached hydrogens (primary N) is 1. The molecule has 15 heavy (non-hydrogen) atoms. The van der Waals surface area contributed by atoms with Crippen LogP contribution in [0.15, 0.2) is 24.3 Å². The average molecular weight is 206 g/mol. The second-order valence-electron chi connectivity index (χ2n) is 3.65. The molecule has 4 heteroatoms. The lowest BCUT2D eigenvalue weighted by Crippen LogP contribution is -2.23. The Morgan fingerprint density at radius 3 is 2.93 bits per heavy atom. The van der Waals surface area contributed by atoms with Crippen LogP contribution in [-0.2, 0) is 4.74 Å². The summed E-state index contributed by atoms with van der Waals surface area (Å²) in [6, 6.07) is 7.65. The van der Waals surface area contributed by atoms with Crippen LogP contribution in [0.1, 0.15) is 18.5 Å². The molecule has 1 amide bonds. The van der Waals surface area contributed by atoms with E-state index in [4.69, 9.17) is 10.5 Å². The molecule has 2 N–H and O–H groups in total. The molecular formula is C11H14N2O2. The Morgan fingerprint density at radius 2 is 2.33 bits per heavy atom. The quantitative estimate of drug-likeness (QED) is 0.800.